The van der Waals surface area contributed by atoms with E-state index in [2.05, 4.69) is 27.6 Å². The maximum Gasteiger partial charge on any atom is 0.363 e. The molecule has 2 aromatic carbocycles. The Hall–Kier alpha value is -2.68. The third kappa shape index (κ3) is 4.73. The van der Waals surface area contributed by atoms with Crippen molar-refractivity contribution in [2.24, 2.45) is 4.99 Å². The average Bonchev–Trinajstić information content (AvgIpc) is 2.98. The second kappa shape index (κ2) is 8.34. The van der Waals surface area contributed by atoms with E-state index in [9.17, 15) is 9.59 Å². The van der Waals surface area contributed by atoms with Crippen molar-refractivity contribution < 1.29 is 23.8 Å². The van der Waals surface area contributed by atoms with Crippen LogP contribution >= 0.6 is 22.6 Å². The lowest BCUT2D eigenvalue weighted by Crippen LogP contribution is -2.05. The zero-order chi connectivity index (χ0) is 19.4. The van der Waals surface area contributed by atoms with Crippen molar-refractivity contribution in [1.29, 1.82) is 0 Å². The predicted octanol–water partition coefficient (Wildman–Crippen LogP) is 3.96. The lowest BCUT2D eigenvalue weighted by atomic mass is 10.1. The zero-order valence-electron chi connectivity index (χ0n) is 14.7. The highest BCUT2D eigenvalue weighted by molar-refractivity contribution is 14.1. The minimum atomic E-state index is -0.523. The molecule has 27 heavy (non-hydrogen) atoms. The molecule has 0 aliphatic carbocycles. The van der Waals surface area contributed by atoms with Gasteiger partial charge >= 0.3 is 11.9 Å². The fraction of sp³-hybridized carbons (Fsp3) is 0.150. The molecule has 138 valence electrons. The van der Waals surface area contributed by atoms with Gasteiger partial charge in [-0.25, -0.2) is 9.79 Å². The fourth-order valence-electron chi connectivity index (χ4n) is 2.40. The number of rotatable bonds is 5. The lowest BCUT2D eigenvalue weighted by Gasteiger charge is -2.10. The van der Waals surface area contributed by atoms with E-state index in [0.29, 0.717) is 23.7 Å². The molecule has 0 N–H and O–H groups in total. The summed E-state index contributed by atoms with van der Waals surface area (Å²) in [5.74, 6) is 0.0433. The first kappa shape index (κ1) is 19.1. The van der Waals surface area contributed by atoms with Crippen LogP contribution in [0.2, 0.25) is 0 Å². The van der Waals surface area contributed by atoms with E-state index in [4.69, 9.17) is 14.2 Å². The number of carbonyl (C=O) groups is 2. The molecule has 0 unspecified atom stereocenters. The maximum absolute atomic E-state index is 12.1. The Kier molecular flexibility index (Phi) is 5.90. The molecule has 3 rings (SSSR count). The van der Waals surface area contributed by atoms with Crippen LogP contribution in [-0.2, 0) is 14.3 Å². The van der Waals surface area contributed by atoms with Crippen LogP contribution in [0.3, 0.4) is 0 Å². The topological polar surface area (TPSA) is 74.2 Å². The van der Waals surface area contributed by atoms with E-state index in [1.165, 1.54) is 6.92 Å². The second-order valence-electron chi connectivity index (χ2n) is 5.58. The molecule has 0 radical (unpaired) electrons. The molecule has 1 heterocycles. The standard InChI is InChI=1S/C20H16INO5/c1-3-25-18-11-13(4-9-17(18)26-12(2)23)10-16-20(24)27-19(22-16)14-5-7-15(21)8-6-14/h4-11H,3H2,1-2H3/b16-10-. The molecule has 0 bridgehead atoms. The number of hydrogen-bond acceptors (Lipinski definition) is 6. The first-order valence-corrected chi connectivity index (χ1v) is 9.28. The molecule has 1 aliphatic rings. The van der Waals surface area contributed by atoms with Crippen molar-refractivity contribution >= 4 is 46.5 Å². The maximum atomic E-state index is 12.1. The van der Waals surface area contributed by atoms with Gasteiger partial charge in [0.1, 0.15) is 0 Å². The largest absolute Gasteiger partial charge is 0.490 e. The third-order valence-corrected chi connectivity index (χ3v) is 4.26. The molecule has 0 aromatic heterocycles. The van der Waals surface area contributed by atoms with Crippen molar-refractivity contribution in [3.8, 4) is 11.5 Å². The van der Waals surface area contributed by atoms with Gasteiger partial charge in [-0.3, -0.25) is 4.79 Å². The van der Waals surface area contributed by atoms with E-state index in [0.717, 1.165) is 9.13 Å². The number of nitrogens with zero attached hydrogens (tertiary/aromatic N) is 1. The number of benzene rings is 2. The molecule has 0 saturated heterocycles. The lowest BCUT2D eigenvalue weighted by molar-refractivity contribution is -0.132. The quantitative estimate of drug-likeness (QED) is 0.282. The van der Waals surface area contributed by atoms with E-state index >= 15 is 0 Å². The van der Waals surface area contributed by atoms with Gasteiger partial charge in [-0.2, -0.15) is 0 Å². The zero-order valence-corrected chi connectivity index (χ0v) is 16.8. The van der Waals surface area contributed by atoms with E-state index < -0.39 is 11.9 Å². The molecular formula is C20H16INO5. The highest BCUT2D eigenvalue weighted by Gasteiger charge is 2.24. The van der Waals surface area contributed by atoms with E-state index in [-0.39, 0.29) is 11.6 Å². The Morgan fingerprint density at radius 1 is 1.19 bits per heavy atom. The minimum Gasteiger partial charge on any atom is -0.490 e. The first-order chi connectivity index (χ1) is 13.0. The van der Waals surface area contributed by atoms with Crippen LogP contribution in [0, 0.1) is 3.57 Å². The summed E-state index contributed by atoms with van der Waals surface area (Å²) in [5, 5.41) is 0. The molecule has 0 saturated carbocycles. The molecule has 6 nitrogen and oxygen atoms in total. The number of halogens is 1. The molecular weight excluding hydrogens is 461 g/mol. The smallest absolute Gasteiger partial charge is 0.363 e. The highest BCUT2D eigenvalue weighted by atomic mass is 127. The Morgan fingerprint density at radius 2 is 1.93 bits per heavy atom. The Labute approximate surface area is 170 Å². The summed E-state index contributed by atoms with van der Waals surface area (Å²) >= 11 is 2.20. The summed E-state index contributed by atoms with van der Waals surface area (Å²) in [7, 11) is 0. The Balaban J connectivity index is 1.91. The van der Waals surface area contributed by atoms with Crippen LogP contribution in [0.4, 0.5) is 0 Å². The van der Waals surface area contributed by atoms with Crippen molar-refractivity contribution in [2.75, 3.05) is 6.61 Å². The van der Waals surface area contributed by atoms with Gasteiger partial charge < -0.3 is 14.2 Å². The summed E-state index contributed by atoms with van der Waals surface area (Å²) < 4.78 is 17.0. The summed E-state index contributed by atoms with van der Waals surface area (Å²) in [6, 6.07) is 12.5. The van der Waals surface area contributed by atoms with Crippen LogP contribution in [0.5, 0.6) is 11.5 Å². The van der Waals surface area contributed by atoms with Crippen molar-refractivity contribution in [2.45, 2.75) is 13.8 Å². The second-order valence-corrected chi connectivity index (χ2v) is 6.82. The third-order valence-electron chi connectivity index (χ3n) is 3.54. The van der Waals surface area contributed by atoms with Gasteiger partial charge in [0.15, 0.2) is 17.2 Å². The molecule has 0 amide bonds. The molecule has 1 aliphatic heterocycles. The van der Waals surface area contributed by atoms with Gasteiger partial charge in [0, 0.05) is 16.1 Å². The fourth-order valence-corrected chi connectivity index (χ4v) is 2.76. The van der Waals surface area contributed by atoms with Crippen LogP contribution in [0.1, 0.15) is 25.0 Å². The molecule has 2 aromatic rings. The van der Waals surface area contributed by atoms with Crippen molar-refractivity contribution in [3.63, 3.8) is 0 Å². The van der Waals surface area contributed by atoms with Crippen molar-refractivity contribution in [3.05, 3.63) is 62.9 Å². The van der Waals surface area contributed by atoms with Gasteiger partial charge in [0.05, 0.1) is 6.61 Å². The average molecular weight is 477 g/mol. The number of ether oxygens (including phenoxy) is 3. The van der Waals surface area contributed by atoms with Crippen LogP contribution in [0.25, 0.3) is 6.08 Å². The number of esters is 2. The number of hydrogen-bond donors (Lipinski definition) is 0. The van der Waals surface area contributed by atoms with Gasteiger partial charge in [-0.05, 0) is 77.6 Å². The minimum absolute atomic E-state index is 0.186. The number of cyclic esters (lactones) is 1. The summed E-state index contributed by atoms with van der Waals surface area (Å²) in [5.41, 5.74) is 1.59. The monoisotopic (exact) mass is 477 g/mol. The number of aliphatic imine (C=N–C) groups is 1. The van der Waals surface area contributed by atoms with Gasteiger partial charge in [-0.15, -0.1) is 0 Å². The SMILES string of the molecule is CCOc1cc(/C=C2\N=C(c3ccc(I)cc3)OC2=O)ccc1OC(C)=O. The molecule has 0 atom stereocenters. The van der Waals surface area contributed by atoms with Crippen molar-refractivity contribution in [1.82, 2.24) is 0 Å². The van der Waals surface area contributed by atoms with Gasteiger partial charge in [-0.1, -0.05) is 6.07 Å². The summed E-state index contributed by atoms with van der Waals surface area (Å²) in [6.07, 6.45) is 1.60. The number of carbonyl (C=O) groups excluding carboxylic acids is 2. The van der Waals surface area contributed by atoms with E-state index in [1.807, 2.05) is 31.2 Å². The highest BCUT2D eigenvalue weighted by Crippen LogP contribution is 2.30. The Morgan fingerprint density at radius 3 is 2.59 bits per heavy atom. The van der Waals surface area contributed by atoms with Crippen LogP contribution in [0.15, 0.2) is 53.2 Å². The van der Waals surface area contributed by atoms with Gasteiger partial charge in [0.25, 0.3) is 0 Å². The molecule has 7 heteroatoms. The first-order valence-electron chi connectivity index (χ1n) is 8.20. The van der Waals surface area contributed by atoms with Crippen LogP contribution < -0.4 is 9.47 Å². The van der Waals surface area contributed by atoms with E-state index in [1.54, 1.807) is 24.3 Å². The predicted molar refractivity (Wildman–Crippen MR) is 109 cm³/mol. The molecule has 0 fully saturated rings. The summed E-state index contributed by atoms with van der Waals surface area (Å²) in [6.45, 7) is 3.56. The Bertz CT molecular complexity index is 947. The summed E-state index contributed by atoms with van der Waals surface area (Å²) in [4.78, 5) is 27.6. The molecule has 0 spiro atoms. The van der Waals surface area contributed by atoms with Crippen LogP contribution in [-0.4, -0.2) is 24.4 Å². The van der Waals surface area contributed by atoms with Gasteiger partial charge in [0.2, 0.25) is 5.90 Å². The normalized spacial score (nSPS) is 14.7.